The van der Waals surface area contributed by atoms with Gasteiger partial charge in [-0.1, -0.05) is 30.3 Å². The Morgan fingerprint density at radius 3 is 2.81 bits per heavy atom. The molecule has 0 radical (unpaired) electrons. The number of nitrogens with one attached hydrogen (secondary N) is 1. The summed E-state index contributed by atoms with van der Waals surface area (Å²) in [7, 11) is 0. The molecule has 1 aromatic heterocycles. The Morgan fingerprint density at radius 1 is 1.24 bits per heavy atom. The van der Waals surface area contributed by atoms with E-state index in [9.17, 15) is 0 Å². The van der Waals surface area contributed by atoms with Gasteiger partial charge >= 0.3 is 0 Å². The van der Waals surface area contributed by atoms with Crippen LogP contribution in [-0.2, 0) is 6.54 Å². The Labute approximate surface area is 130 Å². The van der Waals surface area contributed by atoms with E-state index in [0.717, 1.165) is 25.6 Å². The zero-order chi connectivity index (χ0) is 14.1. The average Bonchev–Trinajstić information content (AvgIpc) is 3.26. The van der Waals surface area contributed by atoms with Crippen LogP contribution in [0.25, 0.3) is 0 Å². The molecule has 2 atom stereocenters. The van der Waals surface area contributed by atoms with Crippen molar-refractivity contribution in [1.29, 1.82) is 0 Å². The van der Waals surface area contributed by atoms with E-state index in [-0.39, 0.29) is 0 Å². The highest BCUT2D eigenvalue weighted by molar-refractivity contribution is 7.07. The lowest BCUT2D eigenvalue weighted by Gasteiger charge is -2.40. The minimum Gasteiger partial charge on any atom is -0.311 e. The van der Waals surface area contributed by atoms with Gasteiger partial charge in [0.05, 0.1) is 11.2 Å². The number of nitrogens with zero attached hydrogens (tertiary/aromatic N) is 2. The molecule has 1 saturated carbocycles. The van der Waals surface area contributed by atoms with Crippen LogP contribution >= 0.6 is 11.3 Å². The number of aromatic nitrogens is 1. The van der Waals surface area contributed by atoms with E-state index in [2.05, 4.69) is 50.9 Å². The lowest BCUT2D eigenvalue weighted by atomic mass is 9.99. The van der Waals surface area contributed by atoms with Gasteiger partial charge in [-0.2, -0.15) is 0 Å². The predicted octanol–water partition coefficient (Wildman–Crippen LogP) is 3.07. The first-order valence-corrected chi connectivity index (χ1v) is 8.74. The molecule has 1 N–H and O–H groups in total. The van der Waals surface area contributed by atoms with Crippen LogP contribution < -0.4 is 5.32 Å². The second-order valence-corrected chi connectivity index (χ2v) is 6.91. The maximum absolute atomic E-state index is 4.48. The third-order valence-electron chi connectivity index (χ3n) is 4.67. The second kappa shape index (κ2) is 5.87. The molecule has 0 amide bonds. The minimum atomic E-state index is 0.461. The average molecular weight is 299 g/mol. The summed E-state index contributed by atoms with van der Waals surface area (Å²) < 4.78 is 0. The number of rotatable bonds is 4. The molecule has 0 spiro atoms. The zero-order valence-electron chi connectivity index (χ0n) is 12.1. The van der Waals surface area contributed by atoms with Gasteiger partial charge in [-0.15, -0.1) is 11.3 Å². The van der Waals surface area contributed by atoms with Crippen molar-refractivity contribution in [2.75, 3.05) is 13.1 Å². The fraction of sp³-hybridized carbons (Fsp3) is 0.471. The minimum absolute atomic E-state index is 0.461. The molecule has 4 rings (SSSR count). The third-order valence-corrected chi connectivity index (χ3v) is 5.30. The van der Waals surface area contributed by atoms with Crippen molar-refractivity contribution in [1.82, 2.24) is 15.2 Å². The van der Waals surface area contributed by atoms with Crippen LogP contribution in [-0.4, -0.2) is 29.0 Å². The summed E-state index contributed by atoms with van der Waals surface area (Å²) in [4.78, 5) is 7.10. The first kappa shape index (κ1) is 13.4. The Kier molecular flexibility index (Phi) is 3.76. The molecule has 3 nitrogen and oxygen atoms in total. The van der Waals surface area contributed by atoms with Gasteiger partial charge in [0.25, 0.3) is 0 Å². The monoisotopic (exact) mass is 299 g/mol. The summed E-state index contributed by atoms with van der Waals surface area (Å²) in [6.45, 7) is 3.16. The van der Waals surface area contributed by atoms with E-state index in [0.29, 0.717) is 12.1 Å². The van der Waals surface area contributed by atoms with Crippen LogP contribution in [0.2, 0.25) is 0 Å². The quantitative estimate of drug-likeness (QED) is 0.940. The molecule has 21 heavy (non-hydrogen) atoms. The van der Waals surface area contributed by atoms with Crippen LogP contribution in [0.5, 0.6) is 0 Å². The molecule has 4 heteroatoms. The van der Waals surface area contributed by atoms with E-state index in [1.54, 1.807) is 11.3 Å². The lowest BCUT2D eigenvalue weighted by molar-refractivity contribution is 0.113. The van der Waals surface area contributed by atoms with Crippen LogP contribution in [0, 0.1) is 5.92 Å². The molecule has 2 heterocycles. The first-order valence-electron chi connectivity index (χ1n) is 7.79. The number of piperazine rings is 1. The van der Waals surface area contributed by atoms with Crippen molar-refractivity contribution in [2.24, 2.45) is 5.92 Å². The number of thiazole rings is 1. The van der Waals surface area contributed by atoms with Gasteiger partial charge in [0.2, 0.25) is 0 Å². The van der Waals surface area contributed by atoms with Crippen LogP contribution in [0.15, 0.2) is 41.2 Å². The smallest absolute Gasteiger partial charge is 0.0795 e. The largest absolute Gasteiger partial charge is 0.311 e. The highest BCUT2D eigenvalue weighted by Crippen LogP contribution is 2.36. The molecular weight excluding hydrogens is 278 g/mol. The van der Waals surface area contributed by atoms with Crippen molar-refractivity contribution in [3.05, 3.63) is 52.5 Å². The van der Waals surface area contributed by atoms with Gasteiger partial charge in [0, 0.05) is 37.1 Å². The molecule has 2 fully saturated rings. The van der Waals surface area contributed by atoms with Gasteiger partial charge in [-0.05, 0) is 24.3 Å². The number of benzene rings is 1. The number of hydrogen-bond donors (Lipinski definition) is 1. The fourth-order valence-electron chi connectivity index (χ4n) is 3.35. The van der Waals surface area contributed by atoms with Crippen molar-refractivity contribution < 1.29 is 0 Å². The summed E-state index contributed by atoms with van der Waals surface area (Å²) in [5, 5.41) is 5.96. The summed E-state index contributed by atoms with van der Waals surface area (Å²) in [5.41, 5.74) is 4.56. The first-order chi connectivity index (χ1) is 10.4. The standard InChI is InChI=1S/C17H21N3S/c1-2-4-14(5-3-1)17-8-18-16(13-6-7-13)10-20(17)9-15-11-21-12-19-15/h1-5,11-13,16-18H,6-10H2. The predicted molar refractivity (Wildman–Crippen MR) is 86.2 cm³/mol. The van der Waals surface area contributed by atoms with Crippen molar-refractivity contribution >= 4 is 11.3 Å². The number of hydrogen-bond acceptors (Lipinski definition) is 4. The molecule has 2 aliphatic rings. The lowest BCUT2D eigenvalue weighted by Crippen LogP contribution is -2.52. The molecule has 1 aliphatic heterocycles. The van der Waals surface area contributed by atoms with E-state index in [1.807, 2.05) is 5.51 Å². The van der Waals surface area contributed by atoms with E-state index >= 15 is 0 Å². The van der Waals surface area contributed by atoms with E-state index < -0.39 is 0 Å². The van der Waals surface area contributed by atoms with E-state index in [1.165, 1.54) is 24.1 Å². The molecule has 1 aliphatic carbocycles. The zero-order valence-corrected chi connectivity index (χ0v) is 12.9. The summed E-state index contributed by atoms with van der Waals surface area (Å²) in [6, 6.07) is 12.0. The Hall–Kier alpha value is -1.23. The molecule has 1 saturated heterocycles. The molecule has 2 unspecified atom stereocenters. The molecule has 1 aromatic carbocycles. The second-order valence-electron chi connectivity index (χ2n) is 6.19. The third kappa shape index (κ3) is 3.03. The maximum atomic E-state index is 4.48. The van der Waals surface area contributed by atoms with Gasteiger partial charge in [-0.3, -0.25) is 4.90 Å². The normalized spacial score (nSPS) is 26.9. The molecular formula is C17H21N3S. The fourth-order valence-corrected chi connectivity index (χ4v) is 3.90. The summed E-state index contributed by atoms with van der Waals surface area (Å²) in [5.74, 6) is 0.902. The summed E-state index contributed by atoms with van der Waals surface area (Å²) in [6.07, 6.45) is 2.80. The summed E-state index contributed by atoms with van der Waals surface area (Å²) >= 11 is 1.69. The topological polar surface area (TPSA) is 28.2 Å². The Morgan fingerprint density at radius 2 is 2.10 bits per heavy atom. The Balaban J connectivity index is 1.55. The Bertz CT molecular complexity index is 565. The van der Waals surface area contributed by atoms with Crippen molar-refractivity contribution in [2.45, 2.75) is 31.5 Å². The van der Waals surface area contributed by atoms with E-state index in [4.69, 9.17) is 0 Å². The van der Waals surface area contributed by atoms with Crippen molar-refractivity contribution in [3.8, 4) is 0 Å². The molecule has 0 bridgehead atoms. The van der Waals surface area contributed by atoms with Crippen molar-refractivity contribution in [3.63, 3.8) is 0 Å². The van der Waals surface area contributed by atoms with Gasteiger partial charge in [0.1, 0.15) is 0 Å². The molecule has 2 aromatic rings. The highest BCUT2D eigenvalue weighted by atomic mass is 32.1. The molecule has 110 valence electrons. The van der Waals surface area contributed by atoms with Gasteiger partial charge in [0.15, 0.2) is 0 Å². The highest BCUT2D eigenvalue weighted by Gasteiger charge is 2.37. The van der Waals surface area contributed by atoms with Crippen LogP contribution in [0.4, 0.5) is 0 Å². The van der Waals surface area contributed by atoms with Crippen LogP contribution in [0.1, 0.15) is 30.1 Å². The van der Waals surface area contributed by atoms with Crippen LogP contribution in [0.3, 0.4) is 0 Å². The maximum Gasteiger partial charge on any atom is 0.0795 e. The van der Waals surface area contributed by atoms with Gasteiger partial charge in [-0.25, -0.2) is 4.98 Å². The SMILES string of the molecule is c1ccc(C2CNC(C3CC3)CN2Cc2cscn2)cc1. The van der Waals surface area contributed by atoms with Gasteiger partial charge < -0.3 is 5.32 Å².